The van der Waals surface area contributed by atoms with Crippen molar-refractivity contribution in [3.63, 3.8) is 0 Å². The lowest BCUT2D eigenvalue weighted by Crippen LogP contribution is -2.42. The van der Waals surface area contributed by atoms with E-state index >= 15 is 0 Å². The monoisotopic (exact) mass is 362 g/mol. The fourth-order valence-corrected chi connectivity index (χ4v) is 4.46. The highest BCUT2D eigenvalue weighted by Gasteiger charge is 2.31. The summed E-state index contributed by atoms with van der Waals surface area (Å²) in [6.45, 7) is 6.52. The summed E-state index contributed by atoms with van der Waals surface area (Å²) in [7, 11) is 0. The van der Waals surface area contributed by atoms with Crippen molar-refractivity contribution in [3.05, 3.63) is 59.7 Å². The summed E-state index contributed by atoms with van der Waals surface area (Å²) < 4.78 is 0. The first-order valence-corrected chi connectivity index (χ1v) is 10.5. The summed E-state index contributed by atoms with van der Waals surface area (Å²) in [6, 6.07) is 17.2. The van der Waals surface area contributed by atoms with Crippen LogP contribution in [-0.2, 0) is 6.42 Å². The minimum atomic E-state index is 0.199. The fourth-order valence-electron chi connectivity index (χ4n) is 4.46. The van der Waals surface area contributed by atoms with Crippen molar-refractivity contribution < 1.29 is 4.79 Å². The molecule has 3 nitrogen and oxygen atoms in total. The number of amides is 1. The zero-order valence-corrected chi connectivity index (χ0v) is 16.4. The van der Waals surface area contributed by atoms with E-state index in [1.165, 1.54) is 42.6 Å². The summed E-state index contributed by atoms with van der Waals surface area (Å²) in [4.78, 5) is 17.7. The van der Waals surface area contributed by atoms with Gasteiger partial charge < -0.3 is 9.80 Å². The van der Waals surface area contributed by atoms with Gasteiger partial charge in [0, 0.05) is 24.7 Å². The summed E-state index contributed by atoms with van der Waals surface area (Å²) in [5, 5.41) is 0. The summed E-state index contributed by atoms with van der Waals surface area (Å²) >= 11 is 0. The van der Waals surface area contributed by atoms with E-state index in [1.54, 1.807) is 0 Å². The molecule has 0 aromatic heterocycles. The van der Waals surface area contributed by atoms with Crippen molar-refractivity contribution in [1.82, 2.24) is 9.80 Å². The Kier molecular flexibility index (Phi) is 5.58. The Hall–Kier alpha value is -2.13. The molecular weight excluding hydrogens is 332 g/mol. The second-order valence-electron chi connectivity index (χ2n) is 7.93. The number of aryl methyl sites for hydroxylation is 1. The van der Waals surface area contributed by atoms with Crippen molar-refractivity contribution >= 4 is 5.91 Å². The van der Waals surface area contributed by atoms with Gasteiger partial charge in [0.1, 0.15) is 0 Å². The van der Waals surface area contributed by atoms with E-state index in [-0.39, 0.29) is 5.91 Å². The third kappa shape index (κ3) is 4.08. The Bertz CT molecular complexity index is 760. The van der Waals surface area contributed by atoms with Gasteiger partial charge in [-0.25, -0.2) is 0 Å². The van der Waals surface area contributed by atoms with E-state index in [4.69, 9.17) is 0 Å². The Morgan fingerprint density at radius 3 is 2.15 bits per heavy atom. The van der Waals surface area contributed by atoms with Crippen LogP contribution in [-0.4, -0.2) is 47.9 Å². The third-order valence-electron chi connectivity index (χ3n) is 6.13. The topological polar surface area (TPSA) is 23.6 Å². The van der Waals surface area contributed by atoms with E-state index < -0.39 is 0 Å². The van der Waals surface area contributed by atoms with Crippen molar-refractivity contribution in [2.45, 2.75) is 45.1 Å². The molecule has 2 saturated heterocycles. The van der Waals surface area contributed by atoms with Gasteiger partial charge in [-0.05, 0) is 74.0 Å². The minimum absolute atomic E-state index is 0.199. The van der Waals surface area contributed by atoms with Gasteiger partial charge in [0.2, 0.25) is 0 Å². The predicted molar refractivity (Wildman–Crippen MR) is 111 cm³/mol. The van der Waals surface area contributed by atoms with Gasteiger partial charge in [0.05, 0.1) is 0 Å². The molecule has 4 rings (SSSR count). The molecule has 2 aliphatic rings. The van der Waals surface area contributed by atoms with Crippen LogP contribution in [0, 0.1) is 0 Å². The molecule has 0 aliphatic carbocycles. The molecule has 0 bridgehead atoms. The van der Waals surface area contributed by atoms with Crippen molar-refractivity contribution in [2.75, 3.05) is 26.2 Å². The van der Waals surface area contributed by atoms with Gasteiger partial charge in [0.15, 0.2) is 0 Å². The Morgan fingerprint density at radius 1 is 0.889 bits per heavy atom. The first-order valence-electron chi connectivity index (χ1n) is 10.5. The number of hydrogen-bond acceptors (Lipinski definition) is 2. The number of benzene rings is 2. The van der Waals surface area contributed by atoms with Crippen molar-refractivity contribution in [2.24, 2.45) is 0 Å². The average molecular weight is 363 g/mol. The highest BCUT2D eigenvalue weighted by atomic mass is 16.2. The second kappa shape index (κ2) is 8.26. The Balaban J connectivity index is 1.44. The maximum absolute atomic E-state index is 13.1. The van der Waals surface area contributed by atoms with E-state index in [1.807, 2.05) is 12.1 Å². The lowest BCUT2D eigenvalue weighted by atomic mass is 10.0. The third-order valence-corrected chi connectivity index (χ3v) is 6.13. The highest BCUT2D eigenvalue weighted by Crippen LogP contribution is 2.25. The molecule has 1 unspecified atom stereocenters. The number of likely N-dealkylation sites (tertiary alicyclic amines) is 2. The van der Waals surface area contributed by atoms with Gasteiger partial charge >= 0.3 is 0 Å². The zero-order valence-electron chi connectivity index (χ0n) is 16.4. The van der Waals surface area contributed by atoms with Crippen LogP contribution in [0.5, 0.6) is 0 Å². The Labute approximate surface area is 163 Å². The van der Waals surface area contributed by atoms with E-state index in [2.05, 4.69) is 53.1 Å². The fraction of sp³-hybridized carbons (Fsp3) is 0.458. The molecule has 2 aromatic rings. The van der Waals surface area contributed by atoms with Gasteiger partial charge in [-0.2, -0.15) is 0 Å². The normalized spacial score (nSPS) is 20.3. The van der Waals surface area contributed by atoms with Crippen LogP contribution < -0.4 is 0 Å². The minimum Gasteiger partial charge on any atom is -0.334 e. The number of rotatable bonds is 5. The number of nitrogens with zero attached hydrogens (tertiary/aromatic N) is 2. The summed E-state index contributed by atoms with van der Waals surface area (Å²) in [6.07, 6.45) is 5.95. The molecule has 2 aromatic carbocycles. The van der Waals surface area contributed by atoms with Gasteiger partial charge in [-0.15, -0.1) is 0 Å². The number of carbonyl (C=O) groups excluding carboxylic acids is 1. The molecule has 142 valence electrons. The van der Waals surface area contributed by atoms with Crippen LogP contribution in [0.2, 0.25) is 0 Å². The maximum atomic E-state index is 13.1. The lowest BCUT2D eigenvalue weighted by Gasteiger charge is -2.28. The Morgan fingerprint density at radius 2 is 1.52 bits per heavy atom. The first kappa shape index (κ1) is 18.2. The average Bonchev–Trinajstić information content (AvgIpc) is 3.40. The van der Waals surface area contributed by atoms with Crippen molar-refractivity contribution in [1.29, 1.82) is 0 Å². The number of hydrogen-bond donors (Lipinski definition) is 0. The molecule has 2 aliphatic heterocycles. The molecule has 0 radical (unpaired) electrons. The maximum Gasteiger partial charge on any atom is 0.254 e. The second-order valence-corrected chi connectivity index (χ2v) is 7.93. The SMILES string of the molecule is CCc1ccc(-c2ccc(C(=O)N3CCCC3CN3CCCC3)cc2)cc1. The quantitative estimate of drug-likeness (QED) is 0.775. The molecule has 0 N–H and O–H groups in total. The number of carbonyl (C=O) groups is 1. The lowest BCUT2D eigenvalue weighted by molar-refractivity contribution is 0.0709. The van der Waals surface area contributed by atoms with E-state index in [9.17, 15) is 4.79 Å². The predicted octanol–water partition coefficient (Wildman–Crippen LogP) is 4.62. The van der Waals surface area contributed by atoms with Crippen LogP contribution in [0.15, 0.2) is 48.5 Å². The van der Waals surface area contributed by atoms with Crippen LogP contribution in [0.1, 0.15) is 48.5 Å². The van der Waals surface area contributed by atoms with E-state index in [0.717, 1.165) is 37.9 Å². The molecule has 0 saturated carbocycles. The van der Waals surface area contributed by atoms with Gasteiger partial charge in [-0.3, -0.25) is 4.79 Å². The highest BCUT2D eigenvalue weighted by molar-refractivity contribution is 5.95. The molecule has 27 heavy (non-hydrogen) atoms. The summed E-state index contributed by atoms with van der Waals surface area (Å²) in [5.74, 6) is 0.199. The van der Waals surface area contributed by atoms with Gasteiger partial charge in [0.25, 0.3) is 5.91 Å². The molecule has 1 amide bonds. The van der Waals surface area contributed by atoms with Crippen molar-refractivity contribution in [3.8, 4) is 11.1 Å². The zero-order chi connectivity index (χ0) is 18.6. The standard InChI is InChI=1S/C24H30N2O/c1-2-19-7-9-20(10-8-19)21-11-13-22(14-12-21)24(27)26-17-5-6-23(26)18-25-15-3-4-16-25/h7-14,23H,2-6,15-18H2,1H3. The molecule has 3 heteroatoms. The van der Waals surface area contributed by atoms with Crippen LogP contribution >= 0.6 is 0 Å². The molecule has 1 atom stereocenters. The smallest absolute Gasteiger partial charge is 0.254 e. The van der Waals surface area contributed by atoms with Crippen LogP contribution in [0.25, 0.3) is 11.1 Å². The largest absolute Gasteiger partial charge is 0.334 e. The van der Waals surface area contributed by atoms with E-state index in [0.29, 0.717) is 6.04 Å². The summed E-state index contributed by atoms with van der Waals surface area (Å²) in [5.41, 5.74) is 4.55. The molecule has 2 fully saturated rings. The van der Waals surface area contributed by atoms with Crippen LogP contribution in [0.4, 0.5) is 0 Å². The van der Waals surface area contributed by atoms with Gasteiger partial charge in [-0.1, -0.05) is 43.3 Å². The first-order chi connectivity index (χ1) is 13.2. The molecule has 2 heterocycles. The van der Waals surface area contributed by atoms with Crippen LogP contribution in [0.3, 0.4) is 0 Å². The molecular formula is C24H30N2O. The molecule has 0 spiro atoms.